The van der Waals surface area contributed by atoms with Gasteiger partial charge in [-0.3, -0.25) is 4.79 Å². The van der Waals surface area contributed by atoms with E-state index in [1.54, 1.807) is 6.92 Å². The first-order chi connectivity index (χ1) is 6.57. The smallest absolute Gasteiger partial charge is 0.312 e. The third kappa shape index (κ3) is 6.24. The molecule has 6 heteroatoms. The van der Waals surface area contributed by atoms with E-state index >= 15 is 0 Å². The van der Waals surface area contributed by atoms with Gasteiger partial charge in [0.15, 0.2) is 0 Å². The molecule has 0 aliphatic carbocycles. The number of nitrogens with one attached hydrogen (secondary N) is 3. The standard InChI is InChI=1S/C8H18N4O2/c1-3-10-7(13)6(2)11-4-5-12-8(9)14/h6,11H,3-5H2,1-2H3,(H,10,13)(H3,9,12,14). The van der Waals surface area contributed by atoms with Gasteiger partial charge in [0, 0.05) is 19.6 Å². The van der Waals surface area contributed by atoms with E-state index in [1.807, 2.05) is 6.92 Å². The number of urea groups is 1. The summed E-state index contributed by atoms with van der Waals surface area (Å²) in [5, 5.41) is 8.04. The minimum Gasteiger partial charge on any atom is -0.355 e. The number of primary amides is 1. The number of carbonyl (C=O) groups is 2. The van der Waals surface area contributed by atoms with E-state index in [2.05, 4.69) is 16.0 Å². The molecule has 0 fully saturated rings. The molecule has 0 rings (SSSR count). The van der Waals surface area contributed by atoms with Crippen molar-refractivity contribution in [3.05, 3.63) is 0 Å². The predicted molar refractivity (Wildman–Crippen MR) is 53.7 cm³/mol. The first kappa shape index (κ1) is 12.7. The number of nitrogens with two attached hydrogens (primary N) is 1. The highest BCUT2D eigenvalue weighted by molar-refractivity contribution is 5.81. The molecule has 0 aromatic carbocycles. The monoisotopic (exact) mass is 202 g/mol. The van der Waals surface area contributed by atoms with Crippen molar-refractivity contribution in [1.29, 1.82) is 0 Å². The molecule has 0 aromatic rings. The average molecular weight is 202 g/mol. The second-order valence-electron chi connectivity index (χ2n) is 2.86. The Hall–Kier alpha value is -1.30. The minimum atomic E-state index is -0.558. The normalized spacial score (nSPS) is 11.9. The molecule has 0 saturated carbocycles. The van der Waals surface area contributed by atoms with Crippen molar-refractivity contribution in [3.63, 3.8) is 0 Å². The lowest BCUT2D eigenvalue weighted by molar-refractivity contribution is -0.122. The van der Waals surface area contributed by atoms with Crippen LogP contribution in [-0.2, 0) is 4.79 Å². The van der Waals surface area contributed by atoms with E-state index in [4.69, 9.17) is 5.73 Å². The Morgan fingerprint density at radius 2 is 1.93 bits per heavy atom. The van der Waals surface area contributed by atoms with Gasteiger partial charge in [-0.15, -0.1) is 0 Å². The van der Waals surface area contributed by atoms with Gasteiger partial charge in [0.05, 0.1) is 6.04 Å². The maximum absolute atomic E-state index is 11.2. The molecule has 1 unspecified atom stereocenters. The summed E-state index contributed by atoms with van der Waals surface area (Å²) in [5.74, 6) is -0.0495. The molecule has 14 heavy (non-hydrogen) atoms. The fraction of sp³-hybridized carbons (Fsp3) is 0.750. The van der Waals surface area contributed by atoms with E-state index in [0.717, 1.165) is 0 Å². The van der Waals surface area contributed by atoms with Gasteiger partial charge in [0.25, 0.3) is 0 Å². The number of hydrogen-bond donors (Lipinski definition) is 4. The molecular weight excluding hydrogens is 184 g/mol. The topological polar surface area (TPSA) is 96.2 Å². The van der Waals surface area contributed by atoms with Crippen molar-refractivity contribution < 1.29 is 9.59 Å². The summed E-state index contributed by atoms with van der Waals surface area (Å²) in [7, 11) is 0. The second kappa shape index (κ2) is 7.14. The Labute approximate surface area is 83.6 Å². The van der Waals surface area contributed by atoms with Gasteiger partial charge in [0.2, 0.25) is 5.91 Å². The lowest BCUT2D eigenvalue weighted by Gasteiger charge is -2.12. The number of rotatable bonds is 6. The van der Waals surface area contributed by atoms with Crippen LogP contribution in [0.1, 0.15) is 13.8 Å². The molecule has 0 bridgehead atoms. The molecule has 6 nitrogen and oxygen atoms in total. The summed E-state index contributed by atoms with van der Waals surface area (Å²) < 4.78 is 0. The SMILES string of the molecule is CCNC(=O)C(C)NCCNC(N)=O. The Morgan fingerprint density at radius 3 is 2.43 bits per heavy atom. The fourth-order valence-corrected chi connectivity index (χ4v) is 0.894. The van der Waals surface area contributed by atoms with E-state index < -0.39 is 6.03 Å². The molecule has 0 heterocycles. The molecule has 0 aromatic heterocycles. The Morgan fingerprint density at radius 1 is 1.29 bits per heavy atom. The first-order valence-electron chi connectivity index (χ1n) is 4.62. The lowest BCUT2D eigenvalue weighted by Crippen LogP contribution is -2.45. The van der Waals surface area contributed by atoms with E-state index in [-0.39, 0.29) is 11.9 Å². The van der Waals surface area contributed by atoms with Crippen LogP contribution in [0.3, 0.4) is 0 Å². The zero-order chi connectivity index (χ0) is 11.0. The van der Waals surface area contributed by atoms with Crippen LogP contribution >= 0.6 is 0 Å². The Balaban J connectivity index is 3.48. The molecule has 3 amide bonds. The van der Waals surface area contributed by atoms with Crippen LogP contribution in [0.2, 0.25) is 0 Å². The molecule has 0 aliphatic rings. The maximum Gasteiger partial charge on any atom is 0.312 e. The van der Waals surface area contributed by atoms with Gasteiger partial charge in [-0.1, -0.05) is 0 Å². The zero-order valence-electron chi connectivity index (χ0n) is 8.59. The molecule has 0 aliphatic heterocycles. The summed E-state index contributed by atoms with van der Waals surface area (Å²) in [6.07, 6.45) is 0. The molecule has 5 N–H and O–H groups in total. The van der Waals surface area contributed by atoms with Crippen LogP contribution < -0.4 is 21.7 Å². The number of carbonyl (C=O) groups excluding carboxylic acids is 2. The van der Waals surface area contributed by atoms with Crippen molar-refractivity contribution in [2.45, 2.75) is 19.9 Å². The van der Waals surface area contributed by atoms with Crippen molar-refractivity contribution in [2.75, 3.05) is 19.6 Å². The molecule has 0 spiro atoms. The second-order valence-corrected chi connectivity index (χ2v) is 2.86. The molecule has 0 saturated heterocycles. The van der Waals surface area contributed by atoms with Crippen molar-refractivity contribution in [2.24, 2.45) is 5.73 Å². The zero-order valence-corrected chi connectivity index (χ0v) is 8.59. The molecule has 82 valence electrons. The van der Waals surface area contributed by atoms with Crippen LogP contribution in [0, 0.1) is 0 Å². The largest absolute Gasteiger partial charge is 0.355 e. The van der Waals surface area contributed by atoms with Crippen LogP contribution in [0.15, 0.2) is 0 Å². The maximum atomic E-state index is 11.2. The minimum absolute atomic E-state index is 0.0495. The summed E-state index contributed by atoms with van der Waals surface area (Å²) in [4.78, 5) is 21.5. The highest BCUT2D eigenvalue weighted by atomic mass is 16.2. The van der Waals surface area contributed by atoms with Crippen molar-refractivity contribution in [1.82, 2.24) is 16.0 Å². The van der Waals surface area contributed by atoms with Crippen LogP contribution in [0.25, 0.3) is 0 Å². The Bertz CT molecular complexity index is 196. The molecule has 0 radical (unpaired) electrons. The van der Waals surface area contributed by atoms with Gasteiger partial charge in [-0.2, -0.15) is 0 Å². The summed E-state index contributed by atoms with van der Waals surface area (Å²) in [6.45, 7) is 5.17. The van der Waals surface area contributed by atoms with Crippen LogP contribution in [0.4, 0.5) is 4.79 Å². The summed E-state index contributed by atoms with van der Waals surface area (Å²) in [5.41, 5.74) is 4.86. The predicted octanol–water partition coefficient (Wildman–Crippen LogP) is -1.23. The third-order valence-electron chi connectivity index (χ3n) is 1.62. The number of amides is 3. The van der Waals surface area contributed by atoms with Gasteiger partial charge < -0.3 is 21.7 Å². The van der Waals surface area contributed by atoms with Gasteiger partial charge in [0.1, 0.15) is 0 Å². The fourth-order valence-electron chi connectivity index (χ4n) is 0.894. The first-order valence-corrected chi connectivity index (χ1v) is 4.62. The third-order valence-corrected chi connectivity index (χ3v) is 1.62. The van der Waals surface area contributed by atoms with Crippen molar-refractivity contribution >= 4 is 11.9 Å². The Kier molecular flexibility index (Phi) is 6.47. The lowest BCUT2D eigenvalue weighted by atomic mass is 10.3. The average Bonchev–Trinajstić information content (AvgIpc) is 2.12. The van der Waals surface area contributed by atoms with Gasteiger partial charge in [-0.05, 0) is 13.8 Å². The quantitative estimate of drug-likeness (QED) is 0.406. The number of likely N-dealkylation sites (N-methyl/N-ethyl adjacent to an activating group) is 1. The highest BCUT2D eigenvalue weighted by Gasteiger charge is 2.09. The van der Waals surface area contributed by atoms with E-state index in [9.17, 15) is 9.59 Å². The highest BCUT2D eigenvalue weighted by Crippen LogP contribution is 1.79. The van der Waals surface area contributed by atoms with Crippen LogP contribution in [-0.4, -0.2) is 37.6 Å². The summed E-state index contributed by atoms with van der Waals surface area (Å²) >= 11 is 0. The number of hydrogen-bond acceptors (Lipinski definition) is 3. The van der Waals surface area contributed by atoms with Crippen molar-refractivity contribution in [3.8, 4) is 0 Å². The molecular formula is C8H18N4O2. The van der Waals surface area contributed by atoms with E-state index in [1.165, 1.54) is 0 Å². The van der Waals surface area contributed by atoms with Crippen LogP contribution in [0.5, 0.6) is 0 Å². The van der Waals surface area contributed by atoms with Gasteiger partial charge >= 0.3 is 6.03 Å². The van der Waals surface area contributed by atoms with Gasteiger partial charge in [-0.25, -0.2) is 4.79 Å². The molecule has 1 atom stereocenters. The van der Waals surface area contributed by atoms with E-state index in [0.29, 0.717) is 19.6 Å². The summed E-state index contributed by atoms with van der Waals surface area (Å²) in [6, 6.07) is -0.818.